The van der Waals surface area contributed by atoms with E-state index in [0.717, 1.165) is 6.42 Å². The molecule has 191 valence electrons. The van der Waals surface area contributed by atoms with Crippen molar-refractivity contribution in [2.45, 2.75) is 38.5 Å². The standard InChI is InChI=1S/C28H35FN3O3Si/c1-6-26(33)32-14-13-31(17-23(32)15-19(2)3)18-28(36,22-10-7-20(4)25(29)16-22)35-24-11-8-21(9-12-24)27(34)30-5/h6-12,16,19,23H,1,13-15,17-18H2,2-5H3,(H,30,34)/t23-,28+/m0/s1. The highest BCUT2D eigenvalue weighted by Crippen LogP contribution is 2.30. The minimum absolute atomic E-state index is 0.0433. The van der Waals surface area contributed by atoms with Gasteiger partial charge >= 0.3 is 0 Å². The van der Waals surface area contributed by atoms with Crippen LogP contribution in [0.2, 0.25) is 0 Å². The van der Waals surface area contributed by atoms with Crippen molar-refractivity contribution >= 4 is 22.1 Å². The van der Waals surface area contributed by atoms with Crippen molar-refractivity contribution < 1.29 is 18.7 Å². The third-order valence-electron chi connectivity index (χ3n) is 6.49. The molecule has 0 spiro atoms. The highest BCUT2D eigenvalue weighted by atomic mass is 28.1. The molecule has 1 N–H and O–H groups in total. The average Bonchev–Trinajstić information content (AvgIpc) is 2.85. The Hall–Kier alpha value is -2.97. The van der Waals surface area contributed by atoms with Gasteiger partial charge in [0.1, 0.15) is 16.8 Å². The molecule has 2 aromatic carbocycles. The van der Waals surface area contributed by atoms with Crippen molar-refractivity contribution in [2.24, 2.45) is 5.92 Å². The van der Waals surface area contributed by atoms with Gasteiger partial charge in [-0.25, -0.2) is 4.39 Å². The average molecular weight is 509 g/mol. The molecule has 0 aromatic heterocycles. The van der Waals surface area contributed by atoms with Crippen molar-refractivity contribution in [1.29, 1.82) is 0 Å². The minimum atomic E-state index is -1.06. The molecule has 6 nitrogen and oxygen atoms in total. The third-order valence-corrected chi connectivity index (χ3v) is 7.04. The number of rotatable bonds is 9. The summed E-state index contributed by atoms with van der Waals surface area (Å²) < 4.78 is 21.0. The van der Waals surface area contributed by atoms with Crippen LogP contribution in [-0.4, -0.2) is 71.1 Å². The largest absolute Gasteiger partial charge is 0.486 e. The van der Waals surface area contributed by atoms with Crippen molar-refractivity contribution in [3.8, 4) is 5.75 Å². The Bertz CT molecular complexity index is 1090. The SMILES string of the molecule is C=CC(=O)N1CCN(C[C@]([Si])(Oc2ccc(C(=O)NC)cc2)c2ccc(C)c(F)c2)C[C@@H]1CC(C)C. The van der Waals surface area contributed by atoms with Gasteiger partial charge in [0, 0.05) is 44.8 Å². The molecule has 1 heterocycles. The molecule has 2 amide bonds. The van der Waals surface area contributed by atoms with Gasteiger partial charge in [-0.15, -0.1) is 0 Å². The summed E-state index contributed by atoms with van der Waals surface area (Å²) in [4.78, 5) is 28.5. The molecule has 1 aliphatic rings. The fourth-order valence-corrected chi connectivity index (χ4v) is 5.07. The molecular formula is C28H35FN3O3Si. The lowest BCUT2D eigenvalue weighted by Crippen LogP contribution is -2.58. The van der Waals surface area contributed by atoms with Gasteiger partial charge in [-0.3, -0.25) is 14.5 Å². The van der Waals surface area contributed by atoms with Gasteiger partial charge in [-0.05, 0) is 66.8 Å². The lowest BCUT2D eigenvalue weighted by molar-refractivity contribution is -0.131. The van der Waals surface area contributed by atoms with Crippen LogP contribution in [0.25, 0.3) is 0 Å². The summed E-state index contributed by atoms with van der Waals surface area (Å²) in [6.45, 7) is 12.0. The minimum Gasteiger partial charge on any atom is -0.486 e. The zero-order chi connectivity index (χ0) is 26.5. The number of nitrogens with zero attached hydrogens (tertiary/aromatic N) is 2. The van der Waals surface area contributed by atoms with E-state index < -0.39 is 5.22 Å². The van der Waals surface area contributed by atoms with Crippen molar-refractivity contribution in [1.82, 2.24) is 15.1 Å². The van der Waals surface area contributed by atoms with Gasteiger partial charge in [0.15, 0.2) is 0 Å². The van der Waals surface area contributed by atoms with Gasteiger partial charge in [0.05, 0.1) is 10.2 Å². The van der Waals surface area contributed by atoms with Crippen LogP contribution in [-0.2, 0) is 10.0 Å². The second kappa shape index (κ2) is 11.8. The highest BCUT2D eigenvalue weighted by molar-refractivity contribution is 6.15. The first kappa shape index (κ1) is 27.6. The predicted molar refractivity (Wildman–Crippen MR) is 141 cm³/mol. The van der Waals surface area contributed by atoms with Crippen LogP contribution in [0.1, 0.15) is 41.8 Å². The normalized spacial score (nSPS) is 18.0. The summed E-state index contributed by atoms with van der Waals surface area (Å²) in [5.74, 6) is 0.406. The Morgan fingerprint density at radius 1 is 1.25 bits per heavy atom. The summed E-state index contributed by atoms with van der Waals surface area (Å²) in [6.07, 6.45) is 2.24. The Balaban J connectivity index is 1.89. The molecule has 36 heavy (non-hydrogen) atoms. The maximum atomic E-state index is 14.6. The number of ether oxygens (including phenoxy) is 1. The molecule has 1 aliphatic heterocycles. The number of carbonyl (C=O) groups excluding carboxylic acids is 2. The zero-order valence-electron chi connectivity index (χ0n) is 21.5. The second-order valence-electron chi connectivity index (χ2n) is 9.75. The molecule has 0 unspecified atom stereocenters. The number of hydrogen-bond donors (Lipinski definition) is 1. The molecule has 0 bridgehead atoms. The van der Waals surface area contributed by atoms with Crippen LogP contribution in [0.5, 0.6) is 5.75 Å². The highest BCUT2D eigenvalue weighted by Gasteiger charge is 2.37. The number of aryl methyl sites for hydroxylation is 1. The van der Waals surface area contributed by atoms with E-state index in [0.29, 0.717) is 54.5 Å². The number of piperazine rings is 1. The monoisotopic (exact) mass is 508 g/mol. The maximum Gasteiger partial charge on any atom is 0.251 e. The smallest absolute Gasteiger partial charge is 0.251 e. The number of carbonyl (C=O) groups is 2. The first-order valence-electron chi connectivity index (χ1n) is 12.2. The molecule has 3 rings (SSSR count). The van der Waals surface area contributed by atoms with E-state index in [1.807, 2.05) is 11.0 Å². The van der Waals surface area contributed by atoms with Crippen LogP contribution in [0.3, 0.4) is 0 Å². The molecule has 0 aliphatic carbocycles. The molecule has 1 saturated heterocycles. The van der Waals surface area contributed by atoms with Crippen molar-refractivity contribution in [3.05, 3.63) is 77.6 Å². The Kier molecular flexibility index (Phi) is 9.08. The lowest BCUT2D eigenvalue weighted by Gasteiger charge is -2.45. The Labute approximate surface area is 216 Å². The summed E-state index contributed by atoms with van der Waals surface area (Å²) in [5.41, 5.74) is 1.71. The zero-order valence-corrected chi connectivity index (χ0v) is 22.5. The van der Waals surface area contributed by atoms with Crippen LogP contribution in [0.15, 0.2) is 55.1 Å². The van der Waals surface area contributed by atoms with E-state index in [-0.39, 0.29) is 23.7 Å². The number of benzene rings is 2. The Morgan fingerprint density at radius 2 is 1.94 bits per heavy atom. The molecule has 2 atom stereocenters. The number of amides is 2. The topological polar surface area (TPSA) is 61.9 Å². The summed E-state index contributed by atoms with van der Waals surface area (Å²) in [7, 11) is 5.46. The number of hydrogen-bond acceptors (Lipinski definition) is 4. The first-order chi connectivity index (χ1) is 17.1. The van der Waals surface area contributed by atoms with Gasteiger partial charge in [0.25, 0.3) is 5.91 Å². The molecule has 0 saturated carbocycles. The van der Waals surface area contributed by atoms with E-state index in [2.05, 4.69) is 40.9 Å². The molecule has 1 fully saturated rings. The van der Waals surface area contributed by atoms with Crippen LogP contribution in [0, 0.1) is 18.7 Å². The summed E-state index contributed by atoms with van der Waals surface area (Å²) >= 11 is 0. The quantitative estimate of drug-likeness (QED) is 0.415. The summed E-state index contributed by atoms with van der Waals surface area (Å²) in [5, 5.41) is 1.54. The van der Waals surface area contributed by atoms with Gasteiger partial charge in [0.2, 0.25) is 5.91 Å². The maximum absolute atomic E-state index is 14.6. The second-order valence-corrected chi connectivity index (χ2v) is 10.6. The van der Waals surface area contributed by atoms with Crippen LogP contribution < -0.4 is 10.1 Å². The molecular weight excluding hydrogens is 473 g/mol. The van der Waals surface area contributed by atoms with E-state index in [9.17, 15) is 14.0 Å². The molecule has 8 heteroatoms. The van der Waals surface area contributed by atoms with Crippen molar-refractivity contribution in [2.75, 3.05) is 33.2 Å². The van der Waals surface area contributed by atoms with E-state index >= 15 is 0 Å². The fraction of sp³-hybridized carbons (Fsp3) is 0.429. The van der Waals surface area contributed by atoms with E-state index in [1.54, 1.807) is 44.3 Å². The third kappa shape index (κ3) is 6.62. The van der Waals surface area contributed by atoms with E-state index in [1.165, 1.54) is 12.1 Å². The molecule has 2 aromatic rings. The fourth-order valence-electron chi connectivity index (χ4n) is 4.58. The number of nitrogens with one attached hydrogen (secondary N) is 1. The summed E-state index contributed by atoms with van der Waals surface area (Å²) in [6, 6.07) is 12.0. The van der Waals surface area contributed by atoms with Gasteiger partial charge in [-0.1, -0.05) is 32.6 Å². The van der Waals surface area contributed by atoms with Crippen LogP contribution >= 0.6 is 0 Å². The van der Waals surface area contributed by atoms with Gasteiger partial charge < -0.3 is 15.0 Å². The lowest BCUT2D eigenvalue weighted by atomic mass is 9.98. The van der Waals surface area contributed by atoms with Crippen molar-refractivity contribution in [3.63, 3.8) is 0 Å². The Morgan fingerprint density at radius 3 is 2.53 bits per heavy atom. The predicted octanol–water partition coefficient (Wildman–Crippen LogP) is 3.64. The number of halogens is 1. The molecule has 3 radical (unpaired) electrons. The van der Waals surface area contributed by atoms with Crippen LogP contribution in [0.4, 0.5) is 4.39 Å². The van der Waals surface area contributed by atoms with Gasteiger partial charge in [-0.2, -0.15) is 0 Å². The van der Waals surface area contributed by atoms with E-state index in [4.69, 9.17) is 4.74 Å². The first-order valence-corrected chi connectivity index (χ1v) is 12.7.